The Kier molecular flexibility index (Phi) is 10.3. The molecule has 1 saturated carbocycles. The molecule has 0 aromatic rings. The number of allylic oxidation sites excluding steroid dienone is 1. The molecule has 9 heteroatoms. The predicted molar refractivity (Wildman–Crippen MR) is 109 cm³/mol. The molecule has 0 heterocycles. The molecule has 31 heavy (non-hydrogen) atoms. The monoisotopic (exact) mass is 438 g/mol. The van der Waals surface area contributed by atoms with Crippen molar-refractivity contribution in [3.05, 3.63) is 24.8 Å². The third kappa shape index (κ3) is 6.85. The van der Waals surface area contributed by atoms with Gasteiger partial charge in [-0.2, -0.15) is 0 Å². The number of ketones is 2. The predicted octanol–water partition coefficient (Wildman–Crippen LogP) is 1.73. The van der Waals surface area contributed by atoms with Crippen LogP contribution in [0.4, 0.5) is 0 Å². The summed E-state index contributed by atoms with van der Waals surface area (Å²) >= 11 is 0. The normalized spacial score (nSPS) is 22.6. The van der Waals surface area contributed by atoms with Crippen molar-refractivity contribution in [3.8, 4) is 0 Å². The van der Waals surface area contributed by atoms with Crippen molar-refractivity contribution in [2.45, 2.75) is 51.7 Å². The van der Waals surface area contributed by atoms with E-state index < -0.39 is 53.7 Å². The van der Waals surface area contributed by atoms with Gasteiger partial charge in [0.05, 0.1) is 13.2 Å². The van der Waals surface area contributed by atoms with Crippen LogP contribution >= 0.6 is 0 Å². The van der Waals surface area contributed by atoms with Crippen molar-refractivity contribution >= 4 is 29.5 Å². The summed E-state index contributed by atoms with van der Waals surface area (Å²) in [6.45, 7) is 6.31. The first-order valence-electron chi connectivity index (χ1n) is 9.91. The summed E-state index contributed by atoms with van der Waals surface area (Å²) in [5.41, 5.74) is -1.58. The Morgan fingerprint density at radius 1 is 1.26 bits per heavy atom. The van der Waals surface area contributed by atoms with E-state index in [9.17, 15) is 24.0 Å². The molecule has 0 N–H and O–H groups in total. The molecule has 1 rings (SSSR count). The lowest BCUT2D eigenvalue weighted by molar-refractivity contribution is -0.167. The van der Waals surface area contributed by atoms with Crippen LogP contribution in [0.5, 0.6) is 0 Å². The van der Waals surface area contributed by atoms with E-state index >= 15 is 0 Å². The molecule has 1 aliphatic rings. The number of rotatable bonds is 12. The van der Waals surface area contributed by atoms with Gasteiger partial charge < -0.3 is 18.9 Å². The Bertz CT molecular complexity index is 739. The molecule has 1 aliphatic carbocycles. The van der Waals surface area contributed by atoms with E-state index in [4.69, 9.17) is 18.9 Å². The van der Waals surface area contributed by atoms with Crippen LogP contribution in [0.15, 0.2) is 24.8 Å². The molecule has 0 aliphatic heterocycles. The number of hydrogen-bond donors (Lipinski definition) is 0. The molecule has 0 radical (unpaired) electrons. The van der Waals surface area contributed by atoms with E-state index in [0.29, 0.717) is 6.42 Å². The molecule has 0 aromatic heterocycles. The minimum Gasteiger partial charge on any atom is -0.468 e. The van der Waals surface area contributed by atoms with Gasteiger partial charge in [-0.3, -0.25) is 24.0 Å². The van der Waals surface area contributed by atoms with E-state index in [2.05, 4.69) is 6.58 Å². The van der Waals surface area contributed by atoms with Gasteiger partial charge in [0.15, 0.2) is 11.6 Å². The first-order valence-corrected chi connectivity index (χ1v) is 9.91. The fourth-order valence-electron chi connectivity index (χ4n) is 3.86. The largest absolute Gasteiger partial charge is 0.468 e. The standard InChI is InChI=1S/C22H30O9/c1-6-11-30-20(26)12-16(24)7-8-17(31-15(3)23)13-22(21(27)29-5)18(14(2)28-4)9-10-19(22)25/h6-8,14,17-18H,1,9-13H2,2-5H3/b8-7+/t14-,17+,18-,22+/m1/s1. The quantitative estimate of drug-likeness (QED) is 0.147. The molecule has 9 nitrogen and oxygen atoms in total. The van der Waals surface area contributed by atoms with Gasteiger partial charge in [-0.25, -0.2) is 0 Å². The molecule has 0 saturated heterocycles. The lowest BCUT2D eigenvalue weighted by atomic mass is 9.70. The molecule has 0 bridgehead atoms. The van der Waals surface area contributed by atoms with E-state index in [1.54, 1.807) is 6.92 Å². The smallest absolute Gasteiger partial charge is 0.319 e. The summed E-state index contributed by atoms with van der Waals surface area (Å²) < 4.78 is 20.3. The second-order valence-electron chi connectivity index (χ2n) is 7.30. The maximum atomic E-state index is 12.9. The number of esters is 3. The van der Waals surface area contributed by atoms with Crippen LogP contribution in [0, 0.1) is 11.3 Å². The third-order valence-corrected chi connectivity index (χ3v) is 5.32. The van der Waals surface area contributed by atoms with Crippen LogP contribution in [-0.2, 0) is 42.9 Å². The molecule has 1 fully saturated rings. The second kappa shape index (κ2) is 12.1. The lowest BCUT2D eigenvalue weighted by Gasteiger charge is -2.35. The molecule has 0 amide bonds. The number of Topliss-reactive ketones (excluding diaryl/α,β-unsaturated/α-hetero) is 1. The highest BCUT2D eigenvalue weighted by atomic mass is 16.5. The van der Waals surface area contributed by atoms with Gasteiger partial charge in [0, 0.05) is 32.8 Å². The maximum absolute atomic E-state index is 12.9. The van der Waals surface area contributed by atoms with Crippen LogP contribution in [0.25, 0.3) is 0 Å². The Hall–Kier alpha value is -2.81. The zero-order valence-corrected chi connectivity index (χ0v) is 18.4. The number of carbonyl (C=O) groups is 5. The molecule has 0 aromatic carbocycles. The van der Waals surface area contributed by atoms with Gasteiger partial charge >= 0.3 is 17.9 Å². The average molecular weight is 438 g/mol. The number of hydrogen-bond acceptors (Lipinski definition) is 9. The Morgan fingerprint density at radius 3 is 2.48 bits per heavy atom. The minimum atomic E-state index is -1.58. The van der Waals surface area contributed by atoms with Gasteiger partial charge in [0.25, 0.3) is 0 Å². The topological polar surface area (TPSA) is 122 Å². The minimum absolute atomic E-state index is 0.0191. The van der Waals surface area contributed by atoms with Crippen LogP contribution in [-0.4, -0.2) is 62.5 Å². The summed E-state index contributed by atoms with van der Waals surface area (Å²) in [7, 11) is 2.66. The number of ether oxygens (including phenoxy) is 4. The summed E-state index contributed by atoms with van der Waals surface area (Å²) in [5, 5.41) is 0. The zero-order valence-electron chi connectivity index (χ0n) is 18.4. The summed E-state index contributed by atoms with van der Waals surface area (Å²) in [6, 6.07) is 0. The maximum Gasteiger partial charge on any atom is 0.319 e. The van der Waals surface area contributed by atoms with Crippen LogP contribution in [0.1, 0.15) is 39.5 Å². The van der Waals surface area contributed by atoms with Crippen molar-refractivity contribution in [2.75, 3.05) is 20.8 Å². The Balaban J connectivity index is 3.15. The third-order valence-electron chi connectivity index (χ3n) is 5.32. The lowest BCUT2D eigenvalue weighted by Crippen LogP contribution is -2.48. The fourth-order valence-corrected chi connectivity index (χ4v) is 3.86. The van der Waals surface area contributed by atoms with E-state index in [-0.39, 0.29) is 25.2 Å². The molecular formula is C22H30O9. The van der Waals surface area contributed by atoms with E-state index in [1.165, 1.54) is 33.3 Å². The second-order valence-corrected chi connectivity index (χ2v) is 7.30. The van der Waals surface area contributed by atoms with Crippen molar-refractivity contribution in [2.24, 2.45) is 11.3 Å². The van der Waals surface area contributed by atoms with E-state index in [1.807, 2.05) is 0 Å². The van der Waals surface area contributed by atoms with Gasteiger partial charge in [0.1, 0.15) is 24.5 Å². The van der Waals surface area contributed by atoms with Crippen molar-refractivity contribution < 1.29 is 42.9 Å². The van der Waals surface area contributed by atoms with Crippen molar-refractivity contribution in [1.29, 1.82) is 0 Å². The SMILES string of the molecule is C=CCOC(=O)CC(=O)/C=C/[C@@H](C[C@@]1(C(=O)OC)C(=O)CC[C@@H]1[C@@H](C)OC)OC(C)=O. The number of carbonyl (C=O) groups excluding carboxylic acids is 5. The average Bonchev–Trinajstić information content (AvgIpc) is 3.05. The zero-order chi connectivity index (χ0) is 23.6. The van der Waals surface area contributed by atoms with Gasteiger partial charge in [-0.05, 0) is 25.5 Å². The van der Waals surface area contributed by atoms with Gasteiger partial charge in [-0.15, -0.1) is 0 Å². The molecule has 172 valence electrons. The van der Waals surface area contributed by atoms with Gasteiger partial charge in [-0.1, -0.05) is 12.7 Å². The molecular weight excluding hydrogens is 408 g/mol. The van der Waals surface area contributed by atoms with Crippen molar-refractivity contribution in [3.63, 3.8) is 0 Å². The molecule has 4 atom stereocenters. The van der Waals surface area contributed by atoms with Crippen molar-refractivity contribution in [1.82, 2.24) is 0 Å². The summed E-state index contributed by atoms with van der Waals surface area (Å²) in [5.74, 6) is -3.54. The first kappa shape index (κ1) is 26.2. The highest BCUT2D eigenvalue weighted by Gasteiger charge is 2.59. The Labute approximate surface area is 181 Å². The van der Waals surface area contributed by atoms with E-state index in [0.717, 1.165) is 6.08 Å². The summed E-state index contributed by atoms with van der Waals surface area (Å²) in [6.07, 6.45) is 2.04. The van der Waals surface area contributed by atoms with Crippen LogP contribution in [0.2, 0.25) is 0 Å². The highest BCUT2D eigenvalue weighted by molar-refractivity contribution is 6.06. The first-order chi connectivity index (χ1) is 14.6. The molecule has 0 spiro atoms. The highest BCUT2D eigenvalue weighted by Crippen LogP contribution is 2.48. The Morgan fingerprint density at radius 2 is 1.94 bits per heavy atom. The molecule has 0 unspecified atom stereocenters. The fraction of sp³-hybridized carbons (Fsp3) is 0.591. The van der Waals surface area contributed by atoms with Crippen LogP contribution in [0.3, 0.4) is 0 Å². The number of methoxy groups -OCH3 is 2. The summed E-state index contributed by atoms with van der Waals surface area (Å²) in [4.78, 5) is 60.9. The van der Waals surface area contributed by atoms with Gasteiger partial charge in [0.2, 0.25) is 0 Å². The van der Waals surface area contributed by atoms with Crippen LogP contribution < -0.4 is 0 Å².